The molecule has 0 unspecified atom stereocenters. The number of amides is 1. The molecule has 0 radical (unpaired) electrons. The number of anilines is 1. The Bertz CT molecular complexity index is 2120. The van der Waals surface area contributed by atoms with Crippen molar-refractivity contribution in [2.45, 2.75) is 186 Å². The number of nitriles is 1. The van der Waals surface area contributed by atoms with Gasteiger partial charge in [0, 0.05) is 50.4 Å². The lowest BCUT2D eigenvalue weighted by atomic mass is 9.78. The Morgan fingerprint density at radius 3 is 2.32 bits per heavy atom. The van der Waals surface area contributed by atoms with Crippen molar-refractivity contribution in [1.82, 2.24) is 4.90 Å². The Morgan fingerprint density at radius 2 is 1.63 bits per heavy atom. The number of esters is 1. The highest BCUT2D eigenvalue weighted by molar-refractivity contribution is 6.39. The van der Waals surface area contributed by atoms with Crippen LogP contribution in [0.5, 0.6) is 0 Å². The van der Waals surface area contributed by atoms with E-state index in [0.29, 0.717) is 81.8 Å². The third-order valence-electron chi connectivity index (χ3n) is 15.5. The molecule has 0 spiro atoms. The summed E-state index contributed by atoms with van der Waals surface area (Å²) in [6.45, 7) is 11.3. The van der Waals surface area contributed by atoms with Gasteiger partial charge < -0.3 is 50.2 Å². The van der Waals surface area contributed by atoms with Gasteiger partial charge in [0.05, 0.1) is 29.9 Å². The highest BCUT2D eigenvalue weighted by Crippen LogP contribution is 2.38. The molecule has 15 heteroatoms. The normalized spacial score (nSPS) is 37.7. The molecule has 1 aliphatic carbocycles. The van der Waals surface area contributed by atoms with Crippen molar-refractivity contribution in [2.75, 3.05) is 26.1 Å². The molecule has 15 nitrogen and oxygen atoms in total. The highest BCUT2D eigenvalue weighted by atomic mass is 16.6. The number of nitrogens with zero attached hydrogens (tertiary/aromatic N) is 2. The minimum atomic E-state index is -2.45. The molecule has 392 valence electrons. The van der Waals surface area contributed by atoms with Crippen LogP contribution in [-0.4, -0.2) is 125 Å². The first-order valence-corrected chi connectivity index (χ1v) is 25.9. The van der Waals surface area contributed by atoms with E-state index < -0.39 is 77.9 Å². The van der Waals surface area contributed by atoms with Gasteiger partial charge in [-0.3, -0.25) is 14.4 Å². The molecule has 3 fully saturated rings. The fourth-order valence-corrected chi connectivity index (χ4v) is 10.9. The van der Waals surface area contributed by atoms with Crippen molar-refractivity contribution in [3.05, 3.63) is 77.4 Å². The van der Waals surface area contributed by atoms with Crippen molar-refractivity contribution in [3.63, 3.8) is 0 Å². The maximum Gasteiger partial charge on any atom is 0.329 e. The summed E-state index contributed by atoms with van der Waals surface area (Å²) in [5.41, 5.74) is 9.35. The molecule has 71 heavy (non-hydrogen) atoms. The Labute approximate surface area is 421 Å². The van der Waals surface area contributed by atoms with Gasteiger partial charge >= 0.3 is 5.97 Å². The van der Waals surface area contributed by atoms with Crippen LogP contribution in [0.4, 0.5) is 5.69 Å². The van der Waals surface area contributed by atoms with E-state index in [9.17, 15) is 39.8 Å². The van der Waals surface area contributed by atoms with Crippen molar-refractivity contribution in [2.24, 2.45) is 35.3 Å². The number of rotatable bonds is 7. The number of ether oxygens (including phenoxy) is 4. The molecule has 0 aromatic heterocycles. The number of methoxy groups -OCH3 is 2. The van der Waals surface area contributed by atoms with Gasteiger partial charge in [0.1, 0.15) is 24.4 Å². The standard InChI is InChI=1S/C56H82N4O11/c1-34-14-10-9-11-15-35(2)45(59-43-22-18-40(33-57)19-23-43)32-44-24-17-39(6)56(67,71-44)53(64)54(65)60-27-13-12-16-46(60)55(66)70-48(36(3)29-41-20-25-47(61)49(31-41)68-7)26-21-42(58)30-38(5)51(63)52(69-8)50(62)37(4)28-34/h9-11,14-15,18-19,22-23,30,34,36-37,39,41-42,44-49,51-52,59,61,63,67H,12-13,16-17,20-21,24-29,31-32,58H2,1-8H3/b11-9+,14-10+,35-15+,38-30+/t34-,36-,37-,39-,41+,42+,44+,45+,46+,47-,48+,49-,51-,52+,56-/m1/s1. The Balaban J connectivity index is 1.48. The number of nitrogens with two attached hydrogens (primary N) is 1. The predicted molar refractivity (Wildman–Crippen MR) is 271 cm³/mol. The van der Waals surface area contributed by atoms with Crippen molar-refractivity contribution >= 4 is 29.1 Å². The number of aliphatic hydroxyl groups excluding tert-OH is 2. The first-order valence-electron chi connectivity index (χ1n) is 25.9. The summed E-state index contributed by atoms with van der Waals surface area (Å²) in [5, 5.41) is 47.1. The molecule has 6 N–H and O–H groups in total. The summed E-state index contributed by atoms with van der Waals surface area (Å²) in [7, 11) is 3.00. The average molecular weight is 987 g/mol. The number of nitrogens with one attached hydrogen (secondary N) is 1. The number of benzene rings is 1. The van der Waals surface area contributed by atoms with Gasteiger partial charge in [0.25, 0.3) is 11.7 Å². The molecule has 3 heterocycles. The third-order valence-corrected chi connectivity index (χ3v) is 15.5. The summed E-state index contributed by atoms with van der Waals surface area (Å²) in [4.78, 5) is 58.4. The van der Waals surface area contributed by atoms with Gasteiger partial charge in [-0.15, -0.1) is 0 Å². The summed E-state index contributed by atoms with van der Waals surface area (Å²) in [6.07, 6.45) is 13.5. The maximum atomic E-state index is 14.5. The summed E-state index contributed by atoms with van der Waals surface area (Å²) >= 11 is 0. The summed E-state index contributed by atoms with van der Waals surface area (Å²) in [6, 6.07) is 7.17. The number of Topliss-reactive ketones (excluding diaryl/α,β-unsaturated/α-hetero) is 2. The number of allylic oxidation sites excluding steroid dienone is 5. The van der Waals surface area contributed by atoms with Gasteiger partial charge in [-0.1, -0.05) is 69.7 Å². The molecule has 15 atom stereocenters. The first-order chi connectivity index (χ1) is 33.8. The van der Waals surface area contributed by atoms with E-state index in [4.69, 9.17) is 24.7 Å². The minimum Gasteiger partial charge on any atom is -0.461 e. The van der Waals surface area contributed by atoms with Crippen molar-refractivity contribution in [1.29, 1.82) is 5.26 Å². The molecular weight excluding hydrogens is 905 g/mol. The van der Waals surface area contributed by atoms with Crippen LogP contribution in [0, 0.1) is 40.9 Å². The van der Waals surface area contributed by atoms with Gasteiger partial charge in [0.2, 0.25) is 5.79 Å². The molecule has 1 amide bonds. The second-order valence-electron chi connectivity index (χ2n) is 21.0. The topological polar surface area (TPSA) is 231 Å². The molecule has 4 aliphatic rings. The van der Waals surface area contributed by atoms with E-state index in [1.807, 2.05) is 70.2 Å². The van der Waals surface area contributed by atoms with Crippen LogP contribution >= 0.6 is 0 Å². The van der Waals surface area contributed by atoms with Crippen molar-refractivity contribution in [3.8, 4) is 6.07 Å². The lowest BCUT2D eigenvalue weighted by molar-refractivity contribution is -0.263. The summed E-state index contributed by atoms with van der Waals surface area (Å²) in [5.74, 6) is -6.56. The van der Waals surface area contributed by atoms with Crippen molar-refractivity contribution < 1.29 is 53.4 Å². The van der Waals surface area contributed by atoms with E-state index in [2.05, 4.69) is 11.4 Å². The highest BCUT2D eigenvalue weighted by Gasteiger charge is 2.53. The zero-order valence-corrected chi connectivity index (χ0v) is 43.3. The number of ketones is 2. The lowest BCUT2D eigenvalue weighted by Crippen LogP contribution is -2.61. The summed E-state index contributed by atoms with van der Waals surface area (Å²) < 4.78 is 23.9. The molecule has 2 bridgehead atoms. The van der Waals surface area contributed by atoms with Crippen LogP contribution in [0.1, 0.15) is 131 Å². The number of hydrogen-bond acceptors (Lipinski definition) is 14. The Kier molecular flexibility index (Phi) is 21.8. The minimum absolute atomic E-state index is 0.0145. The fourth-order valence-electron chi connectivity index (χ4n) is 10.9. The SMILES string of the molecule is CO[C@@H]1C[C@H](C[C@@H](C)[C@@H]2CC[C@H](N)/C=C(\C)[C@@H](O)[C@@H](OC)C(=O)[C@H](C)C[C@H](C)/C=C/C=C/C=C(\C)[C@@H](Nc3ccc(C#N)cc3)C[C@@H]3CC[C@@H](C)[C@@](O)(O3)C(=O)C(=O)N3CCCC[C@H]3C(=O)O2)CC[C@H]1O. The number of hydrogen-bond donors (Lipinski definition) is 5. The Hall–Kier alpha value is -4.53. The number of cyclic esters (lactones) is 1. The van der Waals surface area contributed by atoms with E-state index in [0.717, 1.165) is 17.7 Å². The van der Waals surface area contributed by atoms with Crippen LogP contribution in [0.2, 0.25) is 0 Å². The zero-order valence-electron chi connectivity index (χ0n) is 43.3. The number of fused-ring (bicyclic) bond motifs is 3. The number of carbonyl (C=O) groups is 4. The van der Waals surface area contributed by atoms with Crippen LogP contribution in [0.3, 0.4) is 0 Å². The van der Waals surface area contributed by atoms with E-state index in [1.165, 1.54) is 12.0 Å². The number of piperidine rings is 1. The smallest absolute Gasteiger partial charge is 0.329 e. The second-order valence-corrected chi connectivity index (χ2v) is 21.0. The average Bonchev–Trinajstić information content (AvgIpc) is 3.35. The van der Waals surface area contributed by atoms with E-state index in [-0.39, 0.29) is 48.6 Å². The van der Waals surface area contributed by atoms with E-state index in [1.54, 1.807) is 39.2 Å². The fraction of sp³-hybridized carbons (Fsp3) is 0.661. The number of carbonyl (C=O) groups excluding carboxylic acids is 4. The Morgan fingerprint density at radius 1 is 0.901 bits per heavy atom. The van der Waals surface area contributed by atoms with Gasteiger partial charge in [0.15, 0.2) is 5.78 Å². The van der Waals surface area contributed by atoms with Crippen LogP contribution in [0.25, 0.3) is 0 Å². The van der Waals surface area contributed by atoms with Gasteiger partial charge in [-0.2, -0.15) is 5.26 Å². The zero-order chi connectivity index (χ0) is 52.0. The predicted octanol–water partition coefficient (Wildman–Crippen LogP) is 7.03. The number of aliphatic hydroxyl groups is 3. The van der Waals surface area contributed by atoms with Gasteiger partial charge in [-0.25, -0.2) is 4.79 Å². The van der Waals surface area contributed by atoms with Crippen LogP contribution in [-0.2, 0) is 38.1 Å². The van der Waals surface area contributed by atoms with E-state index >= 15 is 0 Å². The third kappa shape index (κ3) is 15.5. The quantitative estimate of drug-likeness (QED) is 0.105. The van der Waals surface area contributed by atoms with Crippen LogP contribution in [0.15, 0.2) is 71.9 Å². The molecule has 1 saturated carbocycles. The molecular formula is C56H82N4O11. The maximum absolute atomic E-state index is 14.5. The molecule has 2 saturated heterocycles. The molecule has 3 aliphatic heterocycles. The molecule has 5 rings (SSSR count). The van der Waals surface area contributed by atoms with Gasteiger partial charge in [-0.05, 0) is 145 Å². The molecule has 1 aromatic rings. The monoisotopic (exact) mass is 987 g/mol. The molecule has 1 aromatic carbocycles. The lowest BCUT2D eigenvalue weighted by Gasteiger charge is -2.43. The van der Waals surface area contributed by atoms with Crippen LogP contribution < -0.4 is 11.1 Å². The first kappa shape index (κ1) is 57.4. The second kappa shape index (κ2) is 27.0. The largest absolute Gasteiger partial charge is 0.461 e.